The number of hydrogen-bond acceptors (Lipinski definition) is 4. The molecule has 0 fully saturated rings. The zero-order valence-corrected chi connectivity index (χ0v) is 11.6. The maximum atomic E-state index is 11.9. The molecule has 0 saturated heterocycles. The highest BCUT2D eigenvalue weighted by Gasteiger charge is 2.37. The molecule has 1 aromatic heterocycles. The average Bonchev–Trinajstić information content (AvgIpc) is 2.35. The summed E-state index contributed by atoms with van der Waals surface area (Å²) in [4.78, 5) is 30.7. The molecule has 0 radical (unpaired) electrons. The van der Waals surface area contributed by atoms with Crippen LogP contribution in [0.25, 0.3) is 0 Å². The van der Waals surface area contributed by atoms with Crippen LogP contribution >= 0.6 is 11.6 Å². The van der Waals surface area contributed by atoms with Gasteiger partial charge in [0.05, 0.1) is 5.41 Å². The molecule has 2 N–H and O–H groups in total. The topological polar surface area (TPSA) is 92.2 Å². The summed E-state index contributed by atoms with van der Waals surface area (Å²) in [5.74, 6) is -1.11. The fourth-order valence-electron chi connectivity index (χ4n) is 1.78. The lowest BCUT2D eigenvalue weighted by Crippen LogP contribution is -2.34. The molecule has 6 nitrogen and oxygen atoms in total. The van der Waals surface area contributed by atoms with E-state index in [1.165, 1.54) is 12.3 Å². The van der Waals surface area contributed by atoms with Gasteiger partial charge in [0.25, 0.3) is 0 Å². The predicted octanol–water partition coefficient (Wildman–Crippen LogP) is 2.35. The molecule has 0 aliphatic heterocycles. The first kappa shape index (κ1) is 15.4. The van der Waals surface area contributed by atoms with E-state index in [1.54, 1.807) is 13.8 Å². The molecule has 0 aromatic carbocycles. The number of carboxylic acids is 1. The Morgan fingerprint density at radius 1 is 1.42 bits per heavy atom. The maximum Gasteiger partial charge on any atom is 0.310 e. The highest BCUT2D eigenvalue weighted by molar-refractivity contribution is 6.28. The summed E-state index contributed by atoms with van der Waals surface area (Å²) >= 11 is 5.60. The SMILES string of the molecule is CCC(CC)(CC(=O)Nc1ccnc(Cl)n1)C(=O)O. The van der Waals surface area contributed by atoms with Crippen LogP contribution in [0.5, 0.6) is 0 Å². The van der Waals surface area contributed by atoms with Gasteiger partial charge in [-0.1, -0.05) is 13.8 Å². The number of amides is 1. The molecule has 0 spiro atoms. The van der Waals surface area contributed by atoms with Gasteiger partial charge in [-0.25, -0.2) is 9.97 Å². The van der Waals surface area contributed by atoms with Crippen molar-refractivity contribution in [3.8, 4) is 0 Å². The van der Waals surface area contributed by atoms with Gasteiger partial charge in [-0.3, -0.25) is 9.59 Å². The number of carboxylic acid groups (broad SMARTS) is 1. The van der Waals surface area contributed by atoms with Crippen molar-refractivity contribution in [1.29, 1.82) is 0 Å². The first-order valence-electron chi connectivity index (χ1n) is 5.95. The average molecular weight is 286 g/mol. The highest BCUT2D eigenvalue weighted by atomic mass is 35.5. The Labute approximate surface area is 116 Å². The van der Waals surface area contributed by atoms with Crippen LogP contribution < -0.4 is 5.32 Å². The third-order valence-electron chi connectivity index (χ3n) is 3.20. The fraction of sp³-hybridized carbons (Fsp3) is 0.500. The van der Waals surface area contributed by atoms with E-state index < -0.39 is 17.3 Å². The lowest BCUT2D eigenvalue weighted by atomic mass is 9.79. The van der Waals surface area contributed by atoms with Crippen LogP contribution in [0.4, 0.5) is 5.82 Å². The Kier molecular flexibility index (Phi) is 5.23. The van der Waals surface area contributed by atoms with Crippen molar-refractivity contribution in [2.24, 2.45) is 5.41 Å². The maximum absolute atomic E-state index is 11.9. The molecule has 0 atom stereocenters. The van der Waals surface area contributed by atoms with E-state index in [-0.39, 0.29) is 17.5 Å². The second-order valence-electron chi connectivity index (χ2n) is 4.23. The van der Waals surface area contributed by atoms with E-state index in [2.05, 4.69) is 15.3 Å². The third-order valence-corrected chi connectivity index (χ3v) is 3.38. The molecular formula is C12H16ClN3O3. The monoisotopic (exact) mass is 285 g/mol. The van der Waals surface area contributed by atoms with Gasteiger partial charge in [0.2, 0.25) is 11.2 Å². The van der Waals surface area contributed by atoms with E-state index >= 15 is 0 Å². The minimum absolute atomic E-state index is 0.0216. The number of halogens is 1. The standard InChI is InChI=1S/C12H16ClN3O3/c1-3-12(4-2,10(18)19)7-9(17)15-8-5-6-14-11(13)16-8/h5-6H,3-4,7H2,1-2H3,(H,18,19)(H,14,15,16,17). The van der Waals surface area contributed by atoms with Crippen molar-refractivity contribution >= 4 is 29.3 Å². The lowest BCUT2D eigenvalue weighted by molar-refractivity contribution is -0.151. The largest absolute Gasteiger partial charge is 0.481 e. The molecular weight excluding hydrogens is 270 g/mol. The second kappa shape index (κ2) is 6.47. The van der Waals surface area contributed by atoms with Crippen LogP contribution in [0.1, 0.15) is 33.1 Å². The number of anilines is 1. The Morgan fingerprint density at radius 2 is 2.05 bits per heavy atom. The van der Waals surface area contributed by atoms with Gasteiger partial charge in [-0.05, 0) is 30.5 Å². The summed E-state index contributed by atoms with van der Waals surface area (Å²) in [5.41, 5.74) is -1.04. The van der Waals surface area contributed by atoms with Crippen LogP contribution in [0, 0.1) is 5.41 Å². The summed E-state index contributed by atoms with van der Waals surface area (Å²) in [5, 5.41) is 11.8. The minimum atomic E-state index is -1.04. The first-order valence-corrected chi connectivity index (χ1v) is 6.33. The summed E-state index contributed by atoms with van der Waals surface area (Å²) in [6, 6.07) is 1.49. The number of carbonyl (C=O) groups excluding carboxylic acids is 1. The minimum Gasteiger partial charge on any atom is -0.481 e. The fourth-order valence-corrected chi connectivity index (χ4v) is 1.92. The van der Waals surface area contributed by atoms with Crippen molar-refractivity contribution < 1.29 is 14.7 Å². The Balaban J connectivity index is 2.76. The molecule has 0 unspecified atom stereocenters. The smallest absolute Gasteiger partial charge is 0.310 e. The van der Waals surface area contributed by atoms with E-state index in [1.807, 2.05) is 0 Å². The Morgan fingerprint density at radius 3 is 2.53 bits per heavy atom. The summed E-state index contributed by atoms with van der Waals surface area (Å²) in [6.45, 7) is 3.51. The molecule has 0 bridgehead atoms. The summed E-state index contributed by atoms with van der Waals surface area (Å²) in [7, 11) is 0. The highest BCUT2D eigenvalue weighted by Crippen LogP contribution is 2.31. The van der Waals surface area contributed by atoms with E-state index in [4.69, 9.17) is 11.6 Å². The van der Waals surface area contributed by atoms with Gasteiger partial charge in [0, 0.05) is 12.6 Å². The summed E-state index contributed by atoms with van der Waals surface area (Å²) < 4.78 is 0. The zero-order chi connectivity index (χ0) is 14.5. The normalized spacial score (nSPS) is 11.1. The predicted molar refractivity (Wildman–Crippen MR) is 70.9 cm³/mol. The first-order chi connectivity index (χ1) is 8.93. The number of rotatable bonds is 6. The van der Waals surface area contributed by atoms with Crippen LogP contribution in [-0.4, -0.2) is 27.0 Å². The number of nitrogens with zero attached hydrogens (tertiary/aromatic N) is 2. The van der Waals surface area contributed by atoms with E-state index in [9.17, 15) is 14.7 Å². The molecule has 0 saturated carbocycles. The lowest BCUT2D eigenvalue weighted by Gasteiger charge is -2.25. The molecule has 1 aromatic rings. The van der Waals surface area contributed by atoms with Gasteiger partial charge in [0.1, 0.15) is 5.82 Å². The molecule has 0 aliphatic carbocycles. The zero-order valence-electron chi connectivity index (χ0n) is 10.8. The van der Waals surface area contributed by atoms with Crippen molar-refractivity contribution in [2.45, 2.75) is 33.1 Å². The van der Waals surface area contributed by atoms with Crippen molar-refractivity contribution in [1.82, 2.24) is 9.97 Å². The molecule has 1 rings (SSSR count). The number of aromatic nitrogens is 2. The van der Waals surface area contributed by atoms with Crippen LogP contribution in [0.15, 0.2) is 12.3 Å². The van der Waals surface area contributed by atoms with E-state index in [0.717, 1.165) is 0 Å². The van der Waals surface area contributed by atoms with Gasteiger partial charge in [-0.2, -0.15) is 0 Å². The quantitative estimate of drug-likeness (QED) is 0.783. The van der Waals surface area contributed by atoms with Crippen LogP contribution in [-0.2, 0) is 9.59 Å². The van der Waals surface area contributed by atoms with Crippen molar-refractivity contribution in [3.63, 3.8) is 0 Å². The van der Waals surface area contributed by atoms with Gasteiger partial charge < -0.3 is 10.4 Å². The Bertz CT molecular complexity index is 475. The molecule has 0 aliphatic rings. The molecule has 1 amide bonds. The van der Waals surface area contributed by atoms with Crippen LogP contribution in [0.3, 0.4) is 0 Å². The number of aliphatic carboxylic acids is 1. The number of carbonyl (C=O) groups is 2. The van der Waals surface area contributed by atoms with Crippen LogP contribution in [0.2, 0.25) is 5.28 Å². The Hall–Kier alpha value is -1.69. The second-order valence-corrected chi connectivity index (χ2v) is 4.57. The van der Waals surface area contributed by atoms with Gasteiger partial charge in [0.15, 0.2) is 0 Å². The van der Waals surface area contributed by atoms with Crippen molar-refractivity contribution in [2.75, 3.05) is 5.32 Å². The summed E-state index contributed by atoms with van der Waals surface area (Å²) in [6.07, 6.45) is 2.08. The van der Waals surface area contributed by atoms with Gasteiger partial charge >= 0.3 is 5.97 Å². The number of hydrogen-bond donors (Lipinski definition) is 2. The molecule has 104 valence electrons. The van der Waals surface area contributed by atoms with Crippen molar-refractivity contribution in [3.05, 3.63) is 17.5 Å². The third kappa shape index (κ3) is 3.89. The molecule has 7 heteroatoms. The number of nitrogens with one attached hydrogen (secondary N) is 1. The van der Waals surface area contributed by atoms with E-state index in [0.29, 0.717) is 12.8 Å². The molecule has 19 heavy (non-hydrogen) atoms. The molecule has 1 heterocycles. The van der Waals surface area contributed by atoms with Gasteiger partial charge in [-0.15, -0.1) is 0 Å².